The zero-order valence-electron chi connectivity index (χ0n) is 26.9. The monoisotopic (exact) mass is 602 g/mol. The van der Waals surface area contributed by atoms with Crippen LogP contribution in [0.1, 0.15) is 86.3 Å². The Morgan fingerprint density at radius 1 is 0.435 bits per heavy atom. The van der Waals surface area contributed by atoms with Crippen molar-refractivity contribution in [3.05, 3.63) is 119 Å². The molecule has 0 saturated carbocycles. The molecule has 0 spiro atoms. The lowest BCUT2D eigenvalue weighted by molar-refractivity contribution is 0.714. The summed E-state index contributed by atoms with van der Waals surface area (Å²) in [6.45, 7) is 4.52. The van der Waals surface area contributed by atoms with Gasteiger partial charge >= 0.3 is 0 Å². The third-order valence-electron chi connectivity index (χ3n) is 9.16. The lowest BCUT2D eigenvalue weighted by Gasteiger charge is -2.06. The molecular formula is C42H42N4. The quantitative estimate of drug-likeness (QED) is 0.153. The minimum atomic E-state index is 0.942. The van der Waals surface area contributed by atoms with E-state index < -0.39 is 0 Å². The van der Waals surface area contributed by atoms with Crippen LogP contribution >= 0.6 is 0 Å². The van der Waals surface area contributed by atoms with Gasteiger partial charge in [0.15, 0.2) is 0 Å². The lowest BCUT2D eigenvalue weighted by Crippen LogP contribution is -1.95. The number of unbranched alkanes of at least 4 members (excludes halogenated alkanes) is 4. The minimum absolute atomic E-state index is 0.942. The average Bonchev–Trinajstić information content (AvgIpc) is 3.92. The zero-order chi connectivity index (χ0) is 31.3. The summed E-state index contributed by atoms with van der Waals surface area (Å²) in [4.78, 5) is 18.4. The number of hydrogen-bond acceptors (Lipinski definition) is 2. The van der Waals surface area contributed by atoms with E-state index in [-0.39, 0.29) is 0 Å². The first-order chi connectivity index (χ1) is 22.7. The van der Waals surface area contributed by atoms with E-state index in [4.69, 9.17) is 9.97 Å². The Kier molecular flexibility index (Phi) is 8.78. The molecule has 0 saturated heterocycles. The van der Waals surface area contributed by atoms with Crippen LogP contribution in [0.4, 0.5) is 0 Å². The van der Waals surface area contributed by atoms with Gasteiger partial charge in [-0.2, -0.15) is 0 Å². The van der Waals surface area contributed by atoms with Crippen LogP contribution in [0.15, 0.2) is 84.9 Å². The van der Waals surface area contributed by atoms with Crippen molar-refractivity contribution in [2.75, 3.05) is 0 Å². The van der Waals surface area contributed by atoms with Crippen LogP contribution < -0.4 is 0 Å². The predicted octanol–water partition coefficient (Wildman–Crippen LogP) is 11.5. The maximum absolute atomic E-state index is 5.34. The van der Waals surface area contributed by atoms with Gasteiger partial charge in [-0.1, -0.05) is 100 Å². The van der Waals surface area contributed by atoms with E-state index in [2.05, 4.69) is 133 Å². The van der Waals surface area contributed by atoms with E-state index in [1.54, 1.807) is 0 Å². The summed E-state index contributed by atoms with van der Waals surface area (Å²) in [5.74, 6) is 0. The summed E-state index contributed by atoms with van der Waals surface area (Å²) in [5, 5.41) is 0. The Hall–Kier alpha value is -4.96. The highest BCUT2D eigenvalue weighted by atomic mass is 14.8. The molecule has 5 heterocycles. The number of nitrogens with one attached hydrogen (secondary N) is 2. The fraction of sp³-hybridized carbons (Fsp3) is 0.238. The second-order valence-electron chi connectivity index (χ2n) is 12.4. The molecule has 46 heavy (non-hydrogen) atoms. The summed E-state index contributed by atoms with van der Waals surface area (Å²) >= 11 is 0. The van der Waals surface area contributed by atoms with Gasteiger partial charge in [0.25, 0.3) is 0 Å². The molecule has 0 unspecified atom stereocenters. The average molecular weight is 603 g/mol. The highest BCUT2D eigenvalue weighted by molar-refractivity contribution is 5.94. The molecule has 4 nitrogen and oxygen atoms in total. The van der Waals surface area contributed by atoms with Crippen LogP contribution in [-0.4, -0.2) is 19.9 Å². The standard InChI is InChI=1S/C42H42N4/c1-3-5-9-19-31-33-21-25-37(43-33)41(29-15-11-7-12-16-29)39-27-23-35(45-39)32(20-10-6-4-2)36-24-28-40(46-36)42(30-17-13-8-14-18-30)38-26-22-34(31)44-38/h7-8,11-18,21-28,43-44H,3-6,9-10,19-20H2,1-2H3. The van der Waals surface area contributed by atoms with E-state index in [9.17, 15) is 0 Å². The van der Waals surface area contributed by atoms with E-state index in [0.29, 0.717) is 0 Å². The number of aromatic amines is 2. The number of rotatable bonds is 10. The maximum atomic E-state index is 5.34. The third-order valence-corrected chi connectivity index (χ3v) is 9.16. The van der Waals surface area contributed by atoms with Gasteiger partial charge in [-0.25, -0.2) is 9.97 Å². The number of benzene rings is 2. The largest absolute Gasteiger partial charge is 0.355 e. The van der Waals surface area contributed by atoms with Crippen molar-refractivity contribution in [3.8, 4) is 22.3 Å². The van der Waals surface area contributed by atoms with E-state index in [1.807, 2.05) is 0 Å². The van der Waals surface area contributed by atoms with Gasteiger partial charge in [0.1, 0.15) is 0 Å². The Balaban J connectivity index is 1.60. The molecule has 0 radical (unpaired) electrons. The summed E-state index contributed by atoms with van der Waals surface area (Å²) in [6, 6.07) is 30.3. The Morgan fingerprint density at radius 3 is 1.30 bits per heavy atom. The van der Waals surface area contributed by atoms with Gasteiger partial charge in [0, 0.05) is 38.8 Å². The summed E-state index contributed by atoms with van der Waals surface area (Å²) in [5.41, 5.74) is 15.5. The van der Waals surface area contributed by atoms with E-state index in [0.717, 1.165) is 92.8 Å². The molecule has 230 valence electrons. The number of fused-ring (bicyclic) bond motifs is 8. The van der Waals surface area contributed by atoms with Gasteiger partial charge in [0.2, 0.25) is 0 Å². The van der Waals surface area contributed by atoms with Crippen molar-refractivity contribution < 1.29 is 0 Å². The molecule has 0 aliphatic carbocycles. The molecule has 2 aliphatic heterocycles. The van der Waals surface area contributed by atoms with Gasteiger partial charge in [-0.15, -0.1) is 0 Å². The Labute approximate surface area is 272 Å². The van der Waals surface area contributed by atoms with Crippen molar-refractivity contribution in [1.29, 1.82) is 0 Å². The molecule has 2 aliphatic rings. The Bertz CT molecular complexity index is 1920. The van der Waals surface area contributed by atoms with Crippen LogP contribution in [-0.2, 0) is 12.8 Å². The number of H-pyrrole nitrogens is 2. The van der Waals surface area contributed by atoms with Crippen molar-refractivity contribution in [2.45, 2.75) is 65.2 Å². The SMILES string of the molecule is CCCCCc1c2nc(c(-c3ccccc3)c3ccc([nH]3)c(CCCCC)c3ccc([nH]3)c(-c3ccccc3)c3nc1C=C3)C=C2. The van der Waals surface area contributed by atoms with Gasteiger partial charge in [-0.05, 0) is 90.9 Å². The van der Waals surface area contributed by atoms with Gasteiger partial charge in [-0.3, -0.25) is 0 Å². The topological polar surface area (TPSA) is 57.4 Å². The number of nitrogens with zero attached hydrogens (tertiary/aromatic N) is 2. The molecule has 0 atom stereocenters. The highest BCUT2D eigenvalue weighted by Crippen LogP contribution is 2.34. The van der Waals surface area contributed by atoms with Gasteiger partial charge in [0.05, 0.1) is 22.8 Å². The van der Waals surface area contributed by atoms with Crippen molar-refractivity contribution >= 4 is 46.4 Å². The van der Waals surface area contributed by atoms with Crippen LogP contribution in [0.25, 0.3) is 68.6 Å². The molecule has 4 heteroatoms. The second-order valence-corrected chi connectivity index (χ2v) is 12.4. The molecule has 8 bridgehead atoms. The molecule has 5 aromatic rings. The fourth-order valence-electron chi connectivity index (χ4n) is 6.77. The molecule has 7 rings (SSSR count). The molecule has 2 N–H and O–H groups in total. The molecule has 2 aromatic carbocycles. The van der Waals surface area contributed by atoms with Crippen molar-refractivity contribution in [3.63, 3.8) is 0 Å². The smallest absolute Gasteiger partial charge is 0.0737 e. The minimum Gasteiger partial charge on any atom is -0.355 e. The summed E-state index contributed by atoms with van der Waals surface area (Å²) < 4.78 is 0. The molecule has 0 amide bonds. The van der Waals surface area contributed by atoms with Crippen LogP contribution in [0.5, 0.6) is 0 Å². The normalized spacial score (nSPS) is 12.2. The Morgan fingerprint density at radius 2 is 0.848 bits per heavy atom. The van der Waals surface area contributed by atoms with Crippen molar-refractivity contribution in [1.82, 2.24) is 19.9 Å². The maximum Gasteiger partial charge on any atom is 0.0737 e. The van der Waals surface area contributed by atoms with E-state index in [1.165, 1.54) is 36.8 Å². The summed E-state index contributed by atoms with van der Waals surface area (Å²) in [6.07, 6.45) is 17.7. The number of aromatic nitrogens is 4. The van der Waals surface area contributed by atoms with Crippen LogP contribution in [0, 0.1) is 0 Å². The lowest BCUT2D eigenvalue weighted by atomic mass is 10.0. The first kappa shape index (κ1) is 29.7. The molecular weight excluding hydrogens is 560 g/mol. The predicted molar refractivity (Wildman–Crippen MR) is 196 cm³/mol. The van der Waals surface area contributed by atoms with E-state index >= 15 is 0 Å². The highest BCUT2D eigenvalue weighted by Gasteiger charge is 2.18. The van der Waals surface area contributed by atoms with Gasteiger partial charge < -0.3 is 9.97 Å². The first-order valence-electron chi connectivity index (χ1n) is 17.0. The summed E-state index contributed by atoms with van der Waals surface area (Å²) in [7, 11) is 0. The third kappa shape index (κ3) is 6.00. The number of aryl methyl sites for hydroxylation is 1. The molecule has 3 aromatic heterocycles. The number of hydrogen-bond donors (Lipinski definition) is 2. The van der Waals surface area contributed by atoms with Crippen LogP contribution in [0.3, 0.4) is 0 Å². The fourth-order valence-corrected chi connectivity index (χ4v) is 6.77. The van der Waals surface area contributed by atoms with Crippen LogP contribution in [0.2, 0.25) is 0 Å². The second kappa shape index (κ2) is 13.6. The zero-order valence-corrected chi connectivity index (χ0v) is 26.9. The first-order valence-corrected chi connectivity index (χ1v) is 17.0. The van der Waals surface area contributed by atoms with Crippen molar-refractivity contribution in [2.24, 2.45) is 0 Å². The molecule has 0 fully saturated rings.